The predicted molar refractivity (Wildman–Crippen MR) is 253 cm³/mol. The topological polar surface area (TPSA) is 16.4 Å². The first kappa shape index (κ1) is 37.5. The lowest BCUT2D eigenvalue weighted by atomic mass is 9.39. The van der Waals surface area contributed by atoms with Gasteiger partial charge in [-0.2, -0.15) is 0 Å². The zero-order chi connectivity index (χ0) is 41.2. The minimum atomic E-state index is -0.0818. The number of fused-ring (bicyclic) bond motifs is 8. The number of hydrogen-bond acceptors (Lipinski definition) is 2. The third kappa shape index (κ3) is 5.99. The van der Waals surface area contributed by atoms with E-state index in [1.165, 1.54) is 88.9 Å². The minimum absolute atomic E-state index is 0.00914. The second-order valence-electron chi connectivity index (χ2n) is 20.3. The van der Waals surface area contributed by atoms with E-state index in [0.29, 0.717) is 0 Å². The van der Waals surface area contributed by atoms with Crippen LogP contribution in [0.25, 0.3) is 44.2 Å². The van der Waals surface area contributed by atoms with Crippen molar-refractivity contribution in [1.82, 2.24) is 0 Å². The Morgan fingerprint density at radius 1 is 0.525 bits per heavy atom. The predicted octanol–water partition coefficient (Wildman–Crippen LogP) is 13.9. The largest absolute Gasteiger partial charge is 0.456 e. The summed E-state index contributed by atoms with van der Waals surface area (Å²) in [6, 6.07) is 53.2. The molecule has 0 aliphatic carbocycles. The van der Waals surface area contributed by atoms with Crippen LogP contribution in [0.15, 0.2) is 144 Å². The minimum Gasteiger partial charge on any atom is -0.456 e. The number of nitrogens with zero attached hydrogens (tertiary/aromatic N) is 1. The fraction of sp³-hybridized carbons (Fsp3) is 0.250. The lowest BCUT2D eigenvalue weighted by molar-refractivity contribution is 0.590. The van der Waals surface area contributed by atoms with Crippen LogP contribution in [0.5, 0.6) is 0 Å². The van der Waals surface area contributed by atoms with Gasteiger partial charge in [0.2, 0.25) is 0 Å². The molecule has 0 N–H and O–H groups in total. The van der Waals surface area contributed by atoms with Crippen LogP contribution in [-0.4, -0.2) is 6.85 Å². The van der Waals surface area contributed by atoms with Gasteiger partial charge in [-0.05, 0) is 103 Å². The van der Waals surface area contributed by atoms with Crippen molar-refractivity contribution in [3.8, 4) is 22.3 Å². The van der Waals surface area contributed by atoms with Crippen LogP contribution in [0.1, 0.15) is 107 Å². The lowest BCUT2D eigenvalue weighted by Crippen LogP contribution is -2.62. The highest BCUT2D eigenvalue weighted by Gasteiger charge is 2.47. The summed E-state index contributed by atoms with van der Waals surface area (Å²) in [5.41, 5.74) is 21.4. The standard InChI is InChI=1S/C56H54BNO/c1-34-30-45-40-26-22-38(56(8,9)10)33-48(40)58(39-24-20-36(21-25-39)54(2,3)4)57-47-29-28-43-41-18-14-15-19-49(41)59-53(43)51(47)50(46(31-34)52(45)57)42-27-23-37(55(5,6)7)32-44(42)35-16-12-11-13-17-35/h11-33,50H,1-10H3. The second-order valence-corrected chi connectivity index (χ2v) is 20.3. The van der Waals surface area contributed by atoms with Gasteiger partial charge in [0, 0.05) is 39.2 Å². The highest BCUT2D eigenvalue weighted by Crippen LogP contribution is 2.50. The van der Waals surface area contributed by atoms with E-state index >= 15 is 0 Å². The van der Waals surface area contributed by atoms with Gasteiger partial charge in [-0.25, -0.2) is 0 Å². The van der Waals surface area contributed by atoms with Crippen LogP contribution in [0.3, 0.4) is 0 Å². The number of anilines is 2. The SMILES string of the molecule is Cc1cc2c3c(c1)C(c1ccc(C(C)(C)C)cc1-c1ccccc1)c1c(ccc4c1oc1ccccc14)B3N(c1ccc(C(C)(C)C)cc1)c1cc(C(C)(C)C)ccc1-2. The van der Waals surface area contributed by atoms with Crippen molar-refractivity contribution in [3.63, 3.8) is 0 Å². The normalized spacial score (nSPS) is 15.1. The Balaban J connectivity index is 1.35. The molecule has 10 rings (SSSR count). The maximum Gasteiger partial charge on any atom is 0.329 e. The number of para-hydroxylation sites is 1. The molecule has 2 nitrogen and oxygen atoms in total. The third-order valence-corrected chi connectivity index (χ3v) is 13.1. The summed E-state index contributed by atoms with van der Waals surface area (Å²) in [4.78, 5) is 2.66. The summed E-state index contributed by atoms with van der Waals surface area (Å²) < 4.78 is 7.12. The number of benzene rings is 7. The highest BCUT2D eigenvalue weighted by molar-refractivity contribution is 6.92. The Morgan fingerprint density at radius 2 is 1.17 bits per heavy atom. The summed E-state index contributed by atoms with van der Waals surface area (Å²) in [6.07, 6.45) is 0. The zero-order valence-electron chi connectivity index (χ0n) is 36.3. The van der Waals surface area contributed by atoms with Gasteiger partial charge in [-0.1, -0.05) is 183 Å². The number of furan rings is 1. The van der Waals surface area contributed by atoms with Crippen LogP contribution < -0.4 is 15.7 Å². The molecular formula is C56H54BNO. The molecule has 0 amide bonds. The van der Waals surface area contributed by atoms with Gasteiger partial charge in [-0.3, -0.25) is 0 Å². The summed E-state index contributed by atoms with van der Waals surface area (Å²) in [6.45, 7) is 23.0. The molecule has 0 fully saturated rings. The smallest absolute Gasteiger partial charge is 0.329 e. The molecule has 59 heavy (non-hydrogen) atoms. The van der Waals surface area contributed by atoms with E-state index in [2.05, 4.69) is 214 Å². The van der Waals surface area contributed by atoms with E-state index in [-0.39, 0.29) is 29.0 Å². The molecule has 2 aliphatic heterocycles. The average Bonchev–Trinajstić information content (AvgIpc) is 3.59. The van der Waals surface area contributed by atoms with E-state index in [1.54, 1.807) is 0 Å². The molecule has 0 saturated carbocycles. The molecule has 1 unspecified atom stereocenters. The van der Waals surface area contributed by atoms with Crippen LogP contribution in [0, 0.1) is 6.92 Å². The van der Waals surface area contributed by atoms with Gasteiger partial charge >= 0.3 is 6.85 Å². The third-order valence-electron chi connectivity index (χ3n) is 13.1. The lowest BCUT2D eigenvalue weighted by Gasteiger charge is -2.45. The molecule has 7 aromatic carbocycles. The molecule has 2 aliphatic rings. The van der Waals surface area contributed by atoms with Gasteiger partial charge < -0.3 is 9.23 Å². The Bertz CT molecular complexity index is 2950. The van der Waals surface area contributed by atoms with E-state index < -0.39 is 0 Å². The molecule has 0 radical (unpaired) electrons. The molecular weight excluding hydrogens is 713 g/mol. The van der Waals surface area contributed by atoms with Crippen LogP contribution in [0.2, 0.25) is 0 Å². The molecule has 1 aromatic heterocycles. The molecule has 3 heteroatoms. The van der Waals surface area contributed by atoms with Crippen molar-refractivity contribution in [2.24, 2.45) is 0 Å². The van der Waals surface area contributed by atoms with E-state index in [4.69, 9.17) is 4.42 Å². The summed E-state index contributed by atoms with van der Waals surface area (Å²) in [5.74, 6) is -0.0797. The molecule has 1 atom stereocenters. The van der Waals surface area contributed by atoms with Crippen molar-refractivity contribution in [2.45, 2.75) is 91.4 Å². The van der Waals surface area contributed by atoms with Crippen LogP contribution in [-0.2, 0) is 16.2 Å². The Morgan fingerprint density at radius 3 is 1.88 bits per heavy atom. The molecule has 292 valence electrons. The van der Waals surface area contributed by atoms with E-state index in [9.17, 15) is 0 Å². The van der Waals surface area contributed by atoms with Crippen molar-refractivity contribution in [2.75, 3.05) is 4.81 Å². The van der Waals surface area contributed by atoms with Gasteiger partial charge in [-0.15, -0.1) is 0 Å². The van der Waals surface area contributed by atoms with Crippen molar-refractivity contribution in [1.29, 1.82) is 0 Å². The first-order valence-corrected chi connectivity index (χ1v) is 21.4. The summed E-state index contributed by atoms with van der Waals surface area (Å²) in [7, 11) is 0. The average molecular weight is 768 g/mol. The fourth-order valence-corrected chi connectivity index (χ4v) is 9.97. The molecule has 0 spiro atoms. The monoisotopic (exact) mass is 767 g/mol. The summed E-state index contributed by atoms with van der Waals surface area (Å²) >= 11 is 0. The Kier molecular flexibility index (Phi) is 8.32. The van der Waals surface area contributed by atoms with E-state index in [1.807, 2.05) is 0 Å². The fourth-order valence-electron chi connectivity index (χ4n) is 9.97. The first-order valence-electron chi connectivity index (χ1n) is 21.4. The highest BCUT2D eigenvalue weighted by atomic mass is 16.3. The number of rotatable bonds is 3. The van der Waals surface area contributed by atoms with Gasteiger partial charge in [0.25, 0.3) is 0 Å². The summed E-state index contributed by atoms with van der Waals surface area (Å²) in [5, 5.41) is 2.32. The van der Waals surface area contributed by atoms with Crippen molar-refractivity contribution >= 4 is 51.1 Å². The molecule has 8 aromatic rings. The first-order chi connectivity index (χ1) is 28.1. The number of aryl methyl sites for hydroxylation is 1. The van der Waals surface area contributed by atoms with Crippen molar-refractivity contribution in [3.05, 3.63) is 178 Å². The maximum atomic E-state index is 7.12. The van der Waals surface area contributed by atoms with Crippen LogP contribution >= 0.6 is 0 Å². The molecule has 3 heterocycles. The maximum absolute atomic E-state index is 7.12. The number of hydrogen-bond donors (Lipinski definition) is 0. The second kappa shape index (κ2) is 13.1. The molecule has 0 bridgehead atoms. The van der Waals surface area contributed by atoms with Gasteiger partial charge in [0.15, 0.2) is 0 Å². The van der Waals surface area contributed by atoms with Crippen molar-refractivity contribution < 1.29 is 4.42 Å². The molecule has 0 saturated heterocycles. The van der Waals surface area contributed by atoms with Gasteiger partial charge in [0.1, 0.15) is 11.2 Å². The van der Waals surface area contributed by atoms with Gasteiger partial charge in [0.05, 0.1) is 0 Å². The van der Waals surface area contributed by atoms with E-state index in [0.717, 1.165) is 16.6 Å². The zero-order valence-corrected chi connectivity index (χ0v) is 36.3. The quantitative estimate of drug-likeness (QED) is 0.167. The Hall–Kier alpha value is -5.80. The Labute approximate surface area is 351 Å². The van der Waals surface area contributed by atoms with Crippen LogP contribution in [0.4, 0.5) is 11.4 Å².